The average Bonchev–Trinajstić information content (AvgIpc) is 3.20. The van der Waals surface area contributed by atoms with Crippen LogP contribution in [0.5, 0.6) is 0 Å². The van der Waals surface area contributed by atoms with Gasteiger partial charge in [0, 0.05) is 37.9 Å². The van der Waals surface area contributed by atoms with E-state index >= 15 is 0 Å². The van der Waals surface area contributed by atoms with E-state index in [2.05, 4.69) is 15.0 Å². The average molecular weight is 360 g/mol. The van der Waals surface area contributed by atoms with Crippen molar-refractivity contribution in [1.82, 2.24) is 19.9 Å². The van der Waals surface area contributed by atoms with E-state index in [1.165, 1.54) is 12.7 Å². The topological polar surface area (TPSA) is 90.6 Å². The first-order chi connectivity index (χ1) is 12.7. The lowest BCUT2D eigenvalue weighted by molar-refractivity contribution is 0.0604. The van der Waals surface area contributed by atoms with Crippen molar-refractivity contribution >= 4 is 5.91 Å². The second-order valence-electron chi connectivity index (χ2n) is 6.31. The fraction of sp³-hybridized carbons (Fsp3) is 0.556. The lowest BCUT2D eigenvalue weighted by Crippen LogP contribution is -2.38. The Labute approximate surface area is 152 Å². The van der Waals surface area contributed by atoms with Gasteiger partial charge in [-0.3, -0.25) is 4.79 Å². The van der Waals surface area contributed by atoms with E-state index in [9.17, 15) is 4.79 Å². The minimum Gasteiger partial charge on any atom is -0.451 e. The number of hydrogen-bond acceptors (Lipinski definition) is 7. The van der Waals surface area contributed by atoms with Crippen molar-refractivity contribution in [2.24, 2.45) is 0 Å². The van der Waals surface area contributed by atoms with Gasteiger partial charge in [-0.05, 0) is 19.8 Å². The highest BCUT2D eigenvalue weighted by molar-refractivity contribution is 5.91. The van der Waals surface area contributed by atoms with Crippen LogP contribution in [0.4, 0.5) is 0 Å². The first-order valence-corrected chi connectivity index (χ1v) is 8.75. The molecule has 8 nitrogen and oxygen atoms in total. The molecule has 140 valence electrons. The lowest BCUT2D eigenvalue weighted by Gasteiger charge is -2.32. The van der Waals surface area contributed by atoms with Crippen LogP contribution >= 0.6 is 0 Å². The molecule has 0 aromatic carbocycles. The van der Waals surface area contributed by atoms with E-state index in [1.54, 1.807) is 7.11 Å². The third-order valence-electron chi connectivity index (χ3n) is 4.53. The van der Waals surface area contributed by atoms with E-state index in [1.807, 2.05) is 18.0 Å². The van der Waals surface area contributed by atoms with Crippen molar-refractivity contribution in [2.45, 2.75) is 32.3 Å². The Bertz CT molecular complexity index is 712. The minimum atomic E-state index is -0.0841. The number of piperidine rings is 1. The van der Waals surface area contributed by atoms with Gasteiger partial charge >= 0.3 is 0 Å². The molecule has 2 aromatic rings. The highest BCUT2D eigenvalue weighted by Gasteiger charge is 2.28. The number of carbonyl (C=O) groups is 1. The summed E-state index contributed by atoms with van der Waals surface area (Å²) in [6.45, 7) is 4.80. The maximum absolute atomic E-state index is 12.4. The van der Waals surface area contributed by atoms with Crippen LogP contribution in [0.3, 0.4) is 0 Å². The van der Waals surface area contributed by atoms with Gasteiger partial charge in [0.05, 0.1) is 25.5 Å². The molecule has 0 spiro atoms. The molecule has 3 heterocycles. The normalized spacial score (nSPS) is 15.4. The van der Waals surface area contributed by atoms with Crippen molar-refractivity contribution in [1.29, 1.82) is 0 Å². The smallest absolute Gasteiger partial charge is 0.275 e. The van der Waals surface area contributed by atoms with Crippen LogP contribution in [-0.4, -0.2) is 59.2 Å². The van der Waals surface area contributed by atoms with Gasteiger partial charge in [-0.15, -0.1) is 0 Å². The zero-order valence-corrected chi connectivity index (χ0v) is 15.2. The molecule has 0 saturated carbocycles. The fourth-order valence-electron chi connectivity index (χ4n) is 3.14. The Kier molecular flexibility index (Phi) is 6.30. The molecule has 1 amide bonds. The Morgan fingerprint density at radius 2 is 2.12 bits per heavy atom. The SMILES string of the molecule is COCCOCc1cnc(C)nc1C1CCN(C(=O)c2cocn2)CC1. The molecule has 0 aliphatic carbocycles. The highest BCUT2D eigenvalue weighted by atomic mass is 16.5. The van der Waals surface area contributed by atoms with Gasteiger partial charge < -0.3 is 18.8 Å². The number of aromatic nitrogens is 3. The van der Waals surface area contributed by atoms with E-state index in [4.69, 9.17) is 13.9 Å². The summed E-state index contributed by atoms with van der Waals surface area (Å²) in [6, 6.07) is 0. The van der Waals surface area contributed by atoms with E-state index in [0.717, 1.165) is 29.9 Å². The zero-order valence-electron chi connectivity index (χ0n) is 15.2. The summed E-state index contributed by atoms with van der Waals surface area (Å²) in [7, 11) is 1.65. The van der Waals surface area contributed by atoms with Crippen LogP contribution in [0.2, 0.25) is 0 Å². The van der Waals surface area contributed by atoms with Crippen molar-refractivity contribution in [2.75, 3.05) is 33.4 Å². The van der Waals surface area contributed by atoms with Crippen molar-refractivity contribution in [3.05, 3.63) is 41.6 Å². The number of nitrogens with zero attached hydrogens (tertiary/aromatic N) is 4. The number of ether oxygens (including phenoxy) is 2. The lowest BCUT2D eigenvalue weighted by atomic mass is 9.90. The molecule has 1 aliphatic heterocycles. The molecule has 2 aromatic heterocycles. The Balaban J connectivity index is 1.63. The van der Waals surface area contributed by atoms with Crippen LogP contribution in [0.15, 0.2) is 23.3 Å². The second-order valence-corrected chi connectivity index (χ2v) is 6.31. The van der Waals surface area contributed by atoms with Gasteiger partial charge in [0.15, 0.2) is 12.1 Å². The summed E-state index contributed by atoms with van der Waals surface area (Å²) in [6.07, 6.45) is 6.21. The third-order valence-corrected chi connectivity index (χ3v) is 4.53. The quantitative estimate of drug-likeness (QED) is 0.697. The first kappa shape index (κ1) is 18.5. The summed E-state index contributed by atoms with van der Waals surface area (Å²) in [5, 5.41) is 0. The number of carbonyl (C=O) groups excluding carboxylic acids is 1. The number of oxazole rings is 1. The summed E-state index contributed by atoms with van der Waals surface area (Å²) in [5.74, 6) is 0.958. The first-order valence-electron chi connectivity index (χ1n) is 8.75. The number of aryl methyl sites for hydroxylation is 1. The minimum absolute atomic E-state index is 0.0841. The van der Waals surface area contributed by atoms with Crippen LogP contribution in [-0.2, 0) is 16.1 Å². The predicted octanol–water partition coefficient (Wildman–Crippen LogP) is 1.96. The molecule has 3 rings (SSSR count). The molecule has 0 bridgehead atoms. The number of rotatable bonds is 7. The van der Waals surface area contributed by atoms with E-state index in [0.29, 0.717) is 44.5 Å². The van der Waals surface area contributed by atoms with Gasteiger partial charge in [0.25, 0.3) is 5.91 Å². The van der Waals surface area contributed by atoms with Gasteiger partial charge in [-0.1, -0.05) is 0 Å². The third kappa shape index (κ3) is 4.44. The molecule has 0 atom stereocenters. The molecule has 0 N–H and O–H groups in total. The summed E-state index contributed by atoms with van der Waals surface area (Å²) in [4.78, 5) is 27.1. The molecule has 8 heteroatoms. The largest absolute Gasteiger partial charge is 0.451 e. The van der Waals surface area contributed by atoms with Crippen LogP contribution in [0, 0.1) is 6.92 Å². The van der Waals surface area contributed by atoms with Crippen molar-refractivity contribution in [3.8, 4) is 0 Å². The maximum Gasteiger partial charge on any atom is 0.275 e. The van der Waals surface area contributed by atoms with Crippen molar-refractivity contribution < 1.29 is 18.7 Å². The van der Waals surface area contributed by atoms with E-state index < -0.39 is 0 Å². The molecule has 1 saturated heterocycles. The van der Waals surface area contributed by atoms with Gasteiger partial charge in [0.1, 0.15) is 12.1 Å². The fourth-order valence-corrected chi connectivity index (χ4v) is 3.14. The monoisotopic (exact) mass is 360 g/mol. The number of likely N-dealkylation sites (tertiary alicyclic amines) is 1. The van der Waals surface area contributed by atoms with Crippen LogP contribution in [0.25, 0.3) is 0 Å². The molecule has 26 heavy (non-hydrogen) atoms. The van der Waals surface area contributed by atoms with Gasteiger partial charge in [-0.25, -0.2) is 15.0 Å². The van der Waals surface area contributed by atoms with Gasteiger partial charge in [-0.2, -0.15) is 0 Å². The number of amides is 1. The molecule has 0 unspecified atom stereocenters. The molecule has 1 fully saturated rings. The molecule has 1 aliphatic rings. The summed E-state index contributed by atoms with van der Waals surface area (Å²) in [5.41, 5.74) is 2.39. The standard InChI is InChI=1S/C18H24N4O4/c1-13-19-9-15(10-25-8-7-24-2)17(21-13)14-3-5-22(6-4-14)18(23)16-11-26-12-20-16/h9,11-12,14H,3-8,10H2,1-2H3. The zero-order chi connectivity index (χ0) is 18.4. The molecular formula is C18H24N4O4. The van der Waals surface area contributed by atoms with Crippen LogP contribution < -0.4 is 0 Å². The number of methoxy groups -OCH3 is 1. The number of hydrogen-bond donors (Lipinski definition) is 0. The predicted molar refractivity (Wildman–Crippen MR) is 92.7 cm³/mol. The van der Waals surface area contributed by atoms with E-state index in [-0.39, 0.29) is 5.91 Å². The highest BCUT2D eigenvalue weighted by Crippen LogP contribution is 2.29. The molecular weight excluding hydrogens is 336 g/mol. The Morgan fingerprint density at radius 3 is 2.81 bits per heavy atom. The summed E-state index contributed by atoms with van der Waals surface area (Å²) >= 11 is 0. The Morgan fingerprint density at radius 1 is 1.31 bits per heavy atom. The molecule has 0 radical (unpaired) electrons. The summed E-state index contributed by atoms with van der Waals surface area (Å²) < 4.78 is 15.6. The van der Waals surface area contributed by atoms with Gasteiger partial charge in [0.2, 0.25) is 0 Å². The maximum atomic E-state index is 12.4. The Hall–Kier alpha value is -2.32. The second kappa shape index (κ2) is 8.86. The van der Waals surface area contributed by atoms with Crippen LogP contribution in [0.1, 0.15) is 46.3 Å². The van der Waals surface area contributed by atoms with Crippen molar-refractivity contribution in [3.63, 3.8) is 0 Å².